The molecule has 3 aromatic carbocycles. The summed E-state index contributed by atoms with van der Waals surface area (Å²) in [5.74, 6) is -1.38. The van der Waals surface area contributed by atoms with Gasteiger partial charge in [0.05, 0.1) is 0 Å². The van der Waals surface area contributed by atoms with E-state index in [0.717, 1.165) is 16.7 Å². The molecule has 132 valence electrons. The molecule has 0 bridgehead atoms. The van der Waals surface area contributed by atoms with Crippen LogP contribution in [-0.2, 0) is 9.59 Å². The molecule has 0 aliphatic carbocycles. The van der Waals surface area contributed by atoms with Gasteiger partial charge >= 0.3 is 11.8 Å². The second-order valence-electron chi connectivity index (χ2n) is 6.36. The van der Waals surface area contributed by atoms with Crippen LogP contribution in [-0.4, -0.2) is 16.9 Å². The van der Waals surface area contributed by atoms with Crippen LogP contribution in [0.25, 0.3) is 10.8 Å². The molecule has 5 heteroatoms. The second kappa shape index (κ2) is 6.88. The molecule has 0 saturated heterocycles. The topological polar surface area (TPSA) is 78.4 Å². The Morgan fingerprint density at radius 1 is 0.808 bits per heavy atom. The SMILES string of the molecule is Cc1cc(C)c(NC(=O)C(=O)Nc2cccc3c(O)cccc23)c(C)c1. The zero-order chi connectivity index (χ0) is 18.8. The Kier molecular flexibility index (Phi) is 4.63. The molecule has 26 heavy (non-hydrogen) atoms. The van der Waals surface area contributed by atoms with Crippen molar-refractivity contribution >= 4 is 34.0 Å². The first-order chi connectivity index (χ1) is 12.4. The average Bonchev–Trinajstić information content (AvgIpc) is 2.58. The highest BCUT2D eigenvalue weighted by molar-refractivity contribution is 6.44. The van der Waals surface area contributed by atoms with Crippen molar-refractivity contribution in [3.63, 3.8) is 0 Å². The number of phenolic OH excluding ortho intramolecular Hbond substituents is 1. The van der Waals surface area contributed by atoms with Crippen molar-refractivity contribution in [1.82, 2.24) is 0 Å². The van der Waals surface area contributed by atoms with E-state index in [9.17, 15) is 14.7 Å². The van der Waals surface area contributed by atoms with Crippen LogP contribution in [0.3, 0.4) is 0 Å². The van der Waals surface area contributed by atoms with Crippen molar-refractivity contribution in [3.8, 4) is 5.75 Å². The van der Waals surface area contributed by atoms with Crippen molar-refractivity contribution in [3.05, 3.63) is 65.2 Å². The zero-order valence-corrected chi connectivity index (χ0v) is 14.9. The van der Waals surface area contributed by atoms with Gasteiger partial charge in [0.15, 0.2) is 0 Å². The number of amides is 2. The fourth-order valence-electron chi connectivity index (χ4n) is 3.13. The lowest BCUT2D eigenvalue weighted by Gasteiger charge is -2.13. The van der Waals surface area contributed by atoms with Crippen LogP contribution in [0.5, 0.6) is 5.75 Å². The molecule has 0 aliphatic rings. The number of carbonyl (C=O) groups excluding carboxylic acids is 2. The molecule has 0 heterocycles. The lowest BCUT2D eigenvalue weighted by molar-refractivity contribution is -0.132. The fourth-order valence-corrected chi connectivity index (χ4v) is 3.13. The summed E-state index contributed by atoms with van der Waals surface area (Å²) in [7, 11) is 0. The molecule has 3 N–H and O–H groups in total. The van der Waals surface area contributed by atoms with E-state index < -0.39 is 11.8 Å². The minimum atomic E-state index is -0.764. The fraction of sp³-hybridized carbons (Fsp3) is 0.143. The molecular formula is C21H20N2O3. The third-order valence-electron chi connectivity index (χ3n) is 4.27. The van der Waals surface area contributed by atoms with E-state index in [2.05, 4.69) is 10.6 Å². The van der Waals surface area contributed by atoms with Gasteiger partial charge in [0, 0.05) is 22.1 Å². The smallest absolute Gasteiger partial charge is 0.314 e. The van der Waals surface area contributed by atoms with Crippen molar-refractivity contribution in [2.24, 2.45) is 0 Å². The van der Waals surface area contributed by atoms with Crippen LogP contribution in [0.1, 0.15) is 16.7 Å². The molecule has 0 radical (unpaired) electrons. The summed E-state index contributed by atoms with van der Waals surface area (Å²) in [6, 6.07) is 14.1. The standard InChI is InChI=1S/C21H20N2O3/c1-12-10-13(2)19(14(3)11-12)23-21(26)20(25)22-17-8-4-7-16-15(17)6-5-9-18(16)24/h4-11,24H,1-3H3,(H,22,25)(H,23,26). The predicted molar refractivity (Wildman–Crippen MR) is 104 cm³/mol. The second-order valence-corrected chi connectivity index (χ2v) is 6.36. The molecule has 3 aromatic rings. The van der Waals surface area contributed by atoms with E-state index in [0.29, 0.717) is 22.1 Å². The van der Waals surface area contributed by atoms with Crippen molar-refractivity contribution in [1.29, 1.82) is 0 Å². The molecule has 0 aliphatic heterocycles. The molecule has 5 nitrogen and oxygen atoms in total. The highest BCUT2D eigenvalue weighted by Crippen LogP contribution is 2.29. The van der Waals surface area contributed by atoms with Crippen LogP contribution in [0.15, 0.2) is 48.5 Å². The van der Waals surface area contributed by atoms with Gasteiger partial charge in [-0.3, -0.25) is 9.59 Å². The number of phenols is 1. The molecule has 0 aromatic heterocycles. The largest absolute Gasteiger partial charge is 0.507 e. The van der Waals surface area contributed by atoms with Gasteiger partial charge in [-0.1, -0.05) is 42.0 Å². The van der Waals surface area contributed by atoms with Crippen molar-refractivity contribution in [2.75, 3.05) is 10.6 Å². The number of carbonyl (C=O) groups is 2. The van der Waals surface area contributed by atoms with Gasteiger partial charge in [-0.25, -0.2) is 0 Å². The van der Waals surface area contributed by atoms with Crippen LogP contribution in [0, 0.1) is 20.8 Å². The summed E-state index contributed by atoms with van der Waals surface area (Å²) >= 11 is 0. The summed E-state index contributed by atoms with van der Waals surface area (Å²) in [5.41, 5.74) is 4.01. The molecule has 2 amide bonds. The first kappa shape index (κ1) is 17.5. The third kappa shape index (κ3) is 3.37. The van der Waals surface area contributed by atoms with Gasteiger partial charge in [0.25, 0.3) is 0 Å². The number of aryl methyl sites for hydroxylation is 3. The van der Waals surface area contributed by atoms with Gasteiger partial charge in [-0.05, 0) is 44.0 Å². The molecule has 3 rings (SSSR count). The molecule has 0 unspecified atom stereocenters. The van der Waals surface area contributed by atoms with Crippen LogP contribution >= 0.6 is 0 Å². The maximum atomic E-state index is 12.3. The summed E-state index contributed by atoms with van der Waals surface area (Å²) in [6.07, 6.45) is 0. The molecule has 0 fully saturated rings. The van der Waals surface area contributed by atoms with Crippen LogP contribution in [0.4, 0.5) is 11.4 Å². The van der Waals surface area contributed by atoms with Gasteiger partial charge in [-0.15, -0.1) is 0 Å². The Hall–Kier alpha value is -3.34. The first-order valence-electron chi connectivity index (χ1n) is 8.27. The highest BCUT2D eigenvalue weighted by atomic mass is 16.3. The highest BCUT2D eigenvalue weighted by Gasteiger charge is 2.17. The van der Waals surface area contributed by atoms with Crippen LogP contribution in [0.2, 0.25) is 0 Å². The quantitative estimate of drug-likeness (QED) is 0.611. The van der Waals surface area contributed by atoms with E-state index in [4.69, 9.17) is 0 Å². The number of hydrogen-bond donors (Lipinski definition) is 3. The monoisotopic (exact) mass is 348 g/mol. The molecule has 0 spiro atoms. The Labute approximate surface area is 151 Å². The molecule has 0 atom stereocenters. The normalized spacial score (nSPS) is 10.6. The number of nitrogens with one attached hydrogen (secondary N) is 2. The Morgan fingerprint density at radius 3 is 2.08 bits per heavy atom. The van der Waals surface area contributed by atoms with Crippen molar-refractivity contribution < 1.29 is 14.7 Å². The van der Waals surface area contributed by atoms with Crippen molar-refractivity contribution in [2.45, 2.75) is 20.8 Å². The first-order valence-corrected chi connectivity index (χ1v) is 8.27. The number of fused-ring (bicyclic) bond motifs is 1. The third-order valence-corrected chi connectivity index (χ3v) is 4.27. The number of anilines is 2. The number of hydrogen-bond acceptors (Lipinski definition) is 3. The van der Waals surface area contributed by atoms with Gasteiger partial charge in [0.2, 0.25) is 0 Å². The minimum Gasteiger partial charge on any atom is -0.507 e. The van der Waals surface area contributed by atoms with E-state index in [-0.39, 0.29) is 5.75 Å². The number of rotatable bonds is 2. The average molecular weight is 348 g/mol. The Balaban J connectivity index is 1.83. The number of aromatic hydroxyl groups is 1. The molecular weight excluding hydrogens is 328 g/mol. The lowest BCUT2D eigenvalue weighted by Crippen LogP contribution is -2.29. The van der Waals surface area contributed by atoms with E-state index in [1.807, 2.05) is 32.9 Å². The lowest BCUT2D eigenvalue weighted by atomic mass is 10.1. The maximum Gasteiger partial charge on any atom is 0.314 e. The van der Waals surface area contributed by atoms with Gasteiger partial charge < -0.3 is 15.7 Å². The minimum absolute atomic E-state index is 0.119. The summed E-state index contributed by atoms with van der Waals surface area (Å²) < 4.78 is 0. The summed E-state index contributed by atoms with van der Waals surface area (Å²) in [4.78, 5) is 24.7. The zero-order valence-electron chi connectivity index (χ0n) is 14.9. The van der Waals surface area contributed by atoms with Crippen LogP contribution < -0.4 is 10.6 Å². The van der Waals surface area contributed by atoms with Gasteiger partial charge in [0.1, 0.15) is 5.75 Å². The van der Waals surface area contributed by atoms with E-state index in [1.54, 1.807) is 36.4 Å². The predicted octanol–water partition coefficient (Wildman–Crippen LogP) is 4.05. The Bertz CT molecular complexity index is 1000. The maximum absolute atomic E-state index is 12.3. The summed E-state index contributed by atoms with van der Waals surface area (Å²) in [6.45, 7) is 5.76. The summed E-state index contributed by atoms with van der Waals surface area (Å²) in [5, 5.41) is 16.5. The molecule has 0 saturated carbocycles. The number of benzene rings is 3. The van der Waals surface area contributed by atoms with Gasteiger partial charge in [-0.2, -0.15) is 0 Å². The Morgan fingerprint density at radius 2 is 1.38 bits per heavy atom. The van der Waals surface area contributed by atoms with E-state index in [1.165, 1.54) is 0 Å². The van der Waals surface area contributed by atoms with E-state index >= 15 is 0 Å².